The van der Waals surface area contributed by atoms with Crippen molar-refractivity contribution in [3.8, 4) is 0 Å². The summed E-state index contributed by atoms with van der Waals surface area (Å²) in [5.74, 6) is -0.272. The minimum absolute atomic E-state index is 0.0593. The first-order valence-electron chi connectivity index (χ1n) is 11.0. The van der Waals surface area contributed by atoms with Gasteiger partial charge in [0.05, 0.1) is 10.6 Å². The molecule has 0 aromatic heterocycles. The van der Waals surface area contributed by atoms with Gasteiger partial charge >= 0.3 is 0 Å². The van der Waals surface area contributed by atoms with Crippen LogP contribution in [0.5, 0.6) is 0 Å². The lowest BCUT2D eigenvalue weighted by Crippen LogP contribution is -2.28. The summed E-state index contributed by atoms with van der Waals surface area (Å²) in [5, 5.41) is 2.92. The number of carbonyl (C=O) groups excluding carboxylic acids is 1. The van der Waals surface area contributed by atoms with Gasteiger partial charge in [-0.2, -0.15) is 0 Å². The number of amides is 1. The predicted molar refractivity (Wildman–Crippen MR) is 133 cm³/mol. The van der Waals surface area contributed by atoms with Crippen molar-refractivity contribution >= 4 is 21.6 Å². The molecule has 1 amide bonds. The van der Waals surface area contributed by atoms with Crippen LogP contribution in [0, 0.1) is 13.8 Å². The van der Waals surface area contributed by atoms with Crippen molar-refractivity contribution in [3.05, 3.63) is 95.1 Å². The van der Waals surface area contributed by atoms with Crippen LogP contribution in [0.15, 0.2) is 77.7 Å². The number of anilines is 1. The number of hydrogen-bond acceptors (Lipinski definition) is 4. The maximum absolute atomic E-state index is 12.9. The Morgan fingerprint density at radius 3 is 2.33 bits per heavy atom. The number of carbonyl (C=O) groups is 1. The van der Waals surface area contributed by atoms with Crippen LogP contribution >= 0.6 is 0 Å². The third-order valence-electron chi connectivity index (χ3n) is 5.45. The van der Waals surface area contributed by atoms with Crippen LogP contribution in [0.4, 0.5) is 5.69 Å². The summed E-state index contributed by atoms with van der Waals surface area (Å²) in [6.07, 6.45) is 0.793. The number of nitrogens with one attached hydrogen (secondary N) is 2. The van der Waals surface area contributed by atoms with Crippen molar-refractivity contribution in [2.45, 2.75) is 31.7 Å². The molecule has 0 aliphatic rings. The quantitative estimate of drug-likeness (QED) is 0.436. The number of para-hydroxylation sites is 1. The van der Waals surface area contributed by atoms with E-state index in [0.29, 0.717) is 17.8 Å². The van der Waals surface area contributed by atoms with E-state index in [2.05, 4.69) is 34.1 Å². The first-order chi connectivity index (χ1) is 15.8. The summed E-state index contributed by atoms with van der Waals surface area (Å²) < 4.78 is 28.4. The van der Waals surface area contributed by atoms with Crippen molar-refractivity contribution in [3.63, 3.8) is 0 Å². The lowest BCUT2D eigenvalue weighted by molar-refractivity contribution is 0.0951. The summed E-state index contributed by atoms with van der Waals surface area (Å²) in [4.78, 5) is 15.0. The molecule has 3 aromatic rings. The first-order valence-corrected chi connectivity index (χ1v) is 12.4. The first kappa shape index (κ1) is 24.5. The van der Waals surface area contributed by atoms with Crippen molar-refractivity contribution in [2.75, 3.05) is 24.9 Å². The Kier molecular flexibility index (Phi) is 8.25. The minimum atomic E-state index is -3.81. The predicted octanol–water partition coefficient (Wildman–Crippen LogP) is 4.36. The molecular weight excluding hydrogens is 434 g/mol. The highest BCUT2D eigenvalue weighted by Crippen LogP contribution is 2.21. The highest BCUT2D eigenvalue weighted by molar-refractivity contribution is 7.92. The molecule has 0 radical (unpaired) electrons. The molecular formula is C26H31N3O3S. The van der Waals surface area contributed by atoms with E-state index in [0.717, 1.165) is 30.6 Å². The summed E-state index contributed by atoms with van der Waals surface area (Å²) in [6, 6.07) is 22.0. The number of sulfonamides is 1. The standard InChI is InChI=1S/C26H31N3O3S/c1-20-14-15-23(33(31,32)28-25-13-8-7-10-21(25)2)18-24(20)26(30)27-16-9-17-29(3)19-22-11-5-4-6-12-22/h4-8,10-15,18,28H,9,16-17,19H2,1-3H3,(H,27,30). The molecule has 0 bridgehead atoms. The third-order valence-corrected chi connectivity index (χ3v) is 6.81. The van der Waals surface area contributed by atoms with E-state index >= 15 is 0 Å². The fraction of sp³-hybridized carbons (Fsp3) is 0.269. The molecule has 3 rings (SSSR count). The molecule has 0 spiro atoms. The van der Waals surface area contributed by atoms with Crippen molar-refractivity contribution in [1.29, 1.82) is 0 Å². The Labute approximate surface area is 196 Å². The Bertz CT molecular complexity index is 1190. The zero-order chi connectivity index (χ0) is 23.8. The van der Waals surface area contributed by atoms with Crippen molar-refractivity contribution in [1.82, 2.24) is 10.2 Å². The fourth-order valence-electron chi connectivity index (χ4n) is 3.52. The maximum Gasteiger partial charge on any atom is 0.261 e. The molecule has 7 heteroatoms. The molecule has 174 valence electrons. The average Bonchev–Trinajstić information content (AvgIpc) is 2.79. The molecule has 6 nitrogen and oxygen atoms in total. The number of aryl methyl sites for hydroxylation is 2. The van der Waals surface area contributed by atoms with Crippen molar-refractivity contribution in [2.24, 2.45) is 0 Å². The van der Waals surface area contributed by atoms with Crippen molar-refractivity contribution < 1.29 is 13.2 Å². The number of benzene rings is 3. The van der Waals surface area contributed by atoms with E-state index in [4.69, 9.17) is 0 Å². The number of rotatable bonds is 10. The van der Waals surface area contributed by atoms with E-state index < -0.39 is 10.0 Å². The lowest BCUT2D eigenvalue weighted by Gasteiger charge is -2.17. The second-order valence-electron chi connectivity index (χ2n) is 8.23. The molecule has 0 unspecified atom stereocenters. The topological polar surface area (TPSA) is 78.5 Å². The van der Waals surface area contributed by atoms with Crippen LogP contribution in [0.2, 0.25) is 0 Å². The van der Waals surface area contributed by atoms with Gasteiger partial charge in [0.15, 0.2) is 0 Å². The lowest BCUT2D eigenvalue weighted by atomic mass is 10.1. The van der Waals surface area contributed by atoms with Crippen LogP contribution in [-0.2, 0) is 16.6 Å². The van der Waals surface area contributed by atoms with Crippen LogP contribution in [0.3, 0.4) is 0 Å². The van der Waals surface area contributed by atoms with E-state index in [1.807, 2.05) is 37.3 Å². The fourth-order valence-corrected chi connectivity index (χ4v) is 4.68. The monoisotopic (exact) mass is 465 g/mol. The van der Waals surface area contributed by atoms with E-state index in [1.165, 1.54) is 17.7 Å². The molecule has 3 aromatic carbocycles. The Hall–Kier alpha value is -3.16. The van der Waals surface area contributed by atoms with Gasteiger partial charge in [-0.25, -0.2) is 8.42 Å². The highest BCUT2D eigenvalue weighted by atomic mass is 32.2. The van der Waals surface area contributed by atoms with Gasteiger partial charge in [0.1, 0.15) is 0 Å². The minimum Gasteiger partial charge on any atom is -0.352 e. The van der Waals surface area contributed by atoms with Crippen LogP contribution < -0.4 is 10.0 Å². The summed E-state index contributed by atoms with van der Waals surface area (Å²) in [6.45, 7) is 5.83. The molecule has 0 fully saturated rings. The average molecular weight is 466 g/mol. The molecule has 0 atom stereocenters. The van der Waals surface area contributed by atoms with E-state index in [9.17, 15) is 13.2 Å². The van der Waals surface area contributed by atoms with Gasteiger partial charge in [-0.15, -0.1) is 0 Å². The van der Waals surface area contributed by atoms with Gasteiger partial charge in [0.25, 0.3) is 15.9 Å². The maximum atomic E-state index is 12.9. The van der Waals surface area contributed by atoms with Crippen LogP contribution in [0.25, 0.3) is 0 Å². The molecule has 0 aliphatic heterocycles. The molecule has 2 N–H and O–H groups in total. The zero-order valence-corrected chi connectivity index (χ0v) is 20.2. The van der Waals surface area contributed by atoms with E-state index in [-0.39, 0.29) is 10.8 Å². The second kappa shape index (κ2) is 11.1. The molecule has 0 saturated carbocycles. The molecule has 33 heavy (non-hydrogen) atoms. The molecule has 0 saturated heterocycles. The largest absolute Gasteiger partial charge is 0.352 e. The van der Waals surface area contributed by atoms with Crippen LogP contribution in [-0.4, -0.2) is 39.4 Å². The van der Waals surface area contributed by atoms with Gasteiger partial charge in [-0.1, -0.05) is 54.6 Å². The van der Waals surface area contributed by atoms with Crippen LogP contribution in [0.1, 0.15) is 33.5 Å². The second-order valence-corrected chi connectivity index (χ2v) is 9.91. The van der Waals surface area contributed by atoms with Gasteiger partial charge in [-0.3, -0.25) is 9.52 Å². The zero-order valence-electron chi connectivity index (χ0n) is 19.3. The number of hydrogen-bond donors (Lipinski definition) is 2. The van der Waals surface area contributed by atoms with E-state index in [1.54, 1.807) is 25.1 Å². The van der Waals surface area contributed by atoms with Gasteiger partial charge in [0.2, 0.25) is 0 Å². The SMILES string of the molecule is Cc1ccccc1NS(=O)(=O)c1ccc(C)c(C(=O)NCCCN(C)Cc2ccccc2)c1. The summed E-state index contributed by atoms with van der Waals surface area (Å²) >= 11 is 0. The summed E-state index contributed by atoms with van der Waals surface area (Å²) in [5.41, 5.74) is 3.67. The molecule has 0 aliphatic carbocycles. The Balaban J connectivity index is 1.58. The normalized spacial score (nSPS) is 11.4. The highest BCUT2D eigenvalue weighted by Gasteiger charge is 2.19. The van der Waals surface area contributed by atoms with Gasteiger partial charge < -0.3 is 10.2 Å². The molecule has 0 heterocycles. The Morgan fingerprint density at radius 2 is 1.61 bits per heavy atom. The number of nitrogens with zero attached hydrogens (tertiary/aromatic N) is 1. The summed E-state index contributed by atoms with van der Waals surface area (Å²) in [7, 11) is -1.76. The third kappa shape index (κ3) is 6.91. The Morgan fingerprint density at radius 1 is 0.909 bits per heavy atom. The van der Waals surface area contributed by atoms with Gasteiger partial charge in [-0.05, 0) is 68.8 Å². The van der Waals surface area contributed by atoms with Gasteiger partial charge in [0, 0.05) is 18.7 Å². The smallest absolute Gasteiger partial charge is 0.261 e.